The molecule has 0 aliphatic carbocycles. The number of rotatable bonds is 3. The monoisotopic (exact) mass is 255 g/mol. The highest BCUT2D eigenvalue weighted by Gasteiger charge is 2.28. The predicted molar refractivity (Wildman–Crippen MR) is 75.4 cm³/mol. The summed E-state index contributed by atoms with van der Waals surface area (Å²) in [5.41, 5.74) is 5.69. The number of likely N-dealkylation sites (tertiary alicyclic amines) is 1. The van der Waals surface area contributed by atoms with Crippen molar-refractivity contribution in [2.45, 2.75) is 53.0 Å². The summed E-state index contributed by atoms with van der Waals surface area (Å²) in [4.78, 5) is 14.2. The summed E-state index contributed by atoms with van der Waals surface area (Å²) in [7, 11) is 0. The molecular formula is C14H29N3O. The lowest BCUT2D eigenvalue weighted by atomic mass is 9.85. The first-order valence-corrected chi connectivity index (χ1v) is 7.10. The van der Waals surface area contributed by atoms with Crippen LogP contribution in [-0.2, 0) is 0 Å². The molecule has 0 aromatic rings. The number of amides is 2. The van der Waals surface area contributed by atoms with E-state index in [-0.39, 0.29) is 17.5 Å². The Kier molecular flexibility index (Phi) is 5.45. The summed E-state index contributed by atoms with van der Waals surface area (Å²) in [6.07, 6.45) is 3.18. The van der Waals surface area contributed by atoms with Crippen molar-refractivity contribution in [2.75, 3.05) is 19.6 Å². The van der Waals surface area contributed by atoms with Crippen LogP contribution in [0.5, 0.6) is 0 Å². The largest absolute Gasteiger partial charge is 0.335 e. The molecule has 2 atom stereocenters. The summed E-state index contributed by atoms with van der Waals surface area (Å²) >= 11 is 0. The summed E-state index contributed by atoms with van der Waals surface area (Å²) in [6.45, 7) is 11.0. The fourth-order valence-corrected chi connectivity index (χ4v) is 2.50. The van der Waals surface area contributed by atoms with E-state index in [1.807, 2.05) is 4.90 Å². The lowest BCUT2D eigenvalue weighted by Crippen LogP contribution is -2.52. The molecule has 0 spiro atoms. The van der Waals surface area contributed by atoms with Crippen molar-refractivity contribution in [2.24, 2.45) is 17.1 Å². The Labute approximate surface area is 111 Å². The van der Waals surface area contributed by atoms with Crippen molar-refractivity contribution >= 4 is 6.03 Å². The van der Waals surface area contributed by atoms with Gasteiger partial charge in [-0.2, -0.15) is 0 Å². The second kappa shape index (κ2) is 6.41. The van der Waals surface area contributed by atoms with Gasteiger partial charge in [-0.25, -0.2) is 4.79 Å². The summed E-state index contributed by atoms with van der Waals surface area (Å²) < 4.78 is 0. The number of nitrogens with zero attached hydrogens (tertiary/aromatic N) is 1. The Balaban J connectivity index is 2.55. The van der Waals surface area contributed by atoms with Gasteiger partial charge in [-0.1, -0.05) is 27.7 Å². The van der Waals surface area contributed by atoms with Crippen LogP contribution in [0.2, 0.25) is 0 Å². The minimum atomic E-state index is 0.0520. The van der Waals surface area contributed by atoms with Gasteiger partial charge in [0.1, 0.15) is 0 Å². The van der Waals surface area contributed by atoms with E-state index < -0.39 is 0 Å². The third-order valence-corrected chi connectivity index (χ3v) is 3.74. The smallest absolute Gasteiger partial charge is 0.317 e. The first-order valence-electron chi connectivity index (χ1n) is 7.10. The Hall–Kier alpha value is -0.770. The summed E-state index contributed by atoms with van der Waals surface area (Å²) in [5.74, 6) is 0.618. The van der Waals surface area contributed by atoms with Gasteiger partial charge in [0.25, 0.3) is 0 Å². The topological polar surface area (TPSA) is 58.4 Å². The second-order valence-corrected chi connectivity index (χ2v) is 6.64. The maximum Gasteiger partial charge on any atom is 0.317 e. The molecule has 4 nitrogen and oxygen atoms in total. The molecule has 18 heavy (non-hydrogen) atoms. The van der Waals surface area contributed by atoms with Gasteiger partial charge in [0.05, 0.1) is 0 Å². The van der Waals surface area contributed by atoms with E-state index in [2.05, 4.69) is 33.0 Å². The molecule has 0 aromatic carbocycles. The Bertz CT molecular complexity index is 273. The zero-order chi connectivity index (χ0) is 13.8. The van der Waals surface area contributed by atoms with E-state index in [9.17, 15) is 4.79 Å². The molecule has 1 fully saturated rings. The Morgan fingerprint density at radius 3 is 2.67 bits per heavy atom. The van der Waals surface area contributed by atoms with Crippen LogP contribution < -0.4 is 11.1 Å². The molecule has 0 saturated carbocycles. The van der Waals surface area contributed by atoms with Crippen LogP contribution in [0.4, 0.5) is 4.79 Å². The highest BCUT2D eigenvalue weighted by atomic mass is 16.2. The third-order valence-electron chi connectivity index (χ3n) is 3.74. The highest BCUT2D eigenvalue weighted by Crippen LogP contribution is 2.22. The van der Waals surface area contributed by atoms with Gasteiger partial charge in [-0.05, 0) is 37.1 Å². The number of piperidine rings is 1. The van der Waals surface area contributed by atoms with Crippen LogP contribution in [0.15, 0.2) is 0 Å². The van der Waals surface area contributed by atoms with Crippen LogP contribution >= 0.6 is 0 Å². The molecule has 0 aromatic heterocycles. The second-order valence-electron chi connectivity index (χ2n) is 6.64. The van der Waals surface area contributed by atoms with Gasteiger partial charge in [0.2, 0.25) is 0 Å². The van der Waals surface area contributed by atoms with Crippen molar-refractivity contribution in [1.29, 1.82) is 0 Å². The van der Waals surface area contributed by atoms with Gasteiger partial charge < -0.3 is 16.0 Å². The van der Waals surface area contributed by atoms with E-state index in [4.69, 9.17) is 5.73 Å². The first-order chi connectivity index (χ1) is 8.34. The van der Waals surface area contributed by atoms with Crippen molar-refractivity contribution in [3.63, 3.8) is 0 Å². The zero-order valence-electron chi connectivity index (χ0n) is 12.3. The number of hydrogen-bond acceptors (Lipinski definition) is 2. The van der Waals surface area contributed by atoms with Gasteiger partial charge in [-0.15, -0.1) is 0 Å². The van der Waals surface area contributed by atoms with Crippen molar-refractivity contribution in [3.05, 3.63) is 0 Å². The Morgan fingerprint density at radius 2 is 2.17 bits per heavy atom. The minimum absolute atomic E-state index is 0.0520. The van der Waals surface area contributed by atoms with E-state index in [1.54, 1.807) is 0 Å². The number of hydrogen-bond donors (Lipinski definition) is 2. The van der Waals surface area contributed by atoms with E-state index in [0.29, 0.717) is 12.5 Å². The number of nitrogens with two attached hydrogens (primary N) is 1. The quantitative estimate of drug-likeness (QED) is 0.812. The molecule has 3 N–H and O–H groups in total. The minimum Gasteiger partial charge on any atom is -0.335 e. The van der Waals surface area contributed by atoms with Gasteiger partial charge in [0.15, 0.2) is 0 Å². The number of urea groups is 1. The average Bonchev–Trinajstić information content (AvgIpc) is 2.27. The summed E-state index contributed by atoms with van der Waals surface area (Å²) in [5, 5.41) is 3.16. The molecule has 1 aliphatic heterocycles. The average molecular weight is 255 g/mol. The van der Waals surface area contributed by atoms with E-state index in [1.165, 1.54) is 6.42 Å². The molecule has 1 aliphatic rings. The fraction of sp³-hybridized carbons (Fsp3) is 0.929. The normalized spacial score (nSPS) is 22.7. The lowest BCUT2D eigenvalue weighted by Gasteiger charge is -2.36. The van der Waals surface area contributed by atoms with Crippen LogP contribution in [0, 0.1) is 11.3 Å². The molecule has 106 valence electrons. The molecule has 1 rings (SSSR count). The van der Waals surface area contributed by atoms with Crippen LogP contribution in [0.3, 0.4) is 0 Å². The van der Waals surface area contributed by atoms with E-state index >= 15 is 0 Å². The molecular weight excluding hydrogens is 226 g/mol. The molecule has 1 heterocycles. The molecule has 2 amide bonds. The SMILES string of the molecule is CC1CCCN(C(=O)NC(CCN)C(C)(C)C)C1. The van der Waals surface area contributed by atoms with Crippen LogP contribution in [0.1, 0.15) is 47.0 Å². The zero-order valence-corrected chi connectivity index (χ0v) is 12.3. The number of carbonyl (C=O) groups excluding carboxylic acids is 1. The number of nitrogens with one attached hydrogen (secondary N) is 1. The predicted octanol–water partition coefficient (Wildman–Crippen LogP) is 2.19. The fourth-order valence-electron chi connectivity index (χ4n) is 2.50. The molecule has 2 unspecified atom stereocenters. The molecule has 1 saturated heterocycles. The van der Waals surface area contributed by atoms with Crippen molar-refractivity contribution in [1.82, 2.24) is 10.2 Å². The maximum absolute atomic E-state index is 12.2. The van der Waals surface area contributed by atoms with Gasteiger partial charge in [0, 0.05) is 19.1 Å². The van der Waals surface area contributed by atoms with Crippen LogP contribution in [0.25, 0.3) is 0 Å². The lowest BCUT2D eigenvalue weighted by molar-refractivity contribution is 0.155. The highest BCUT2D eigenvalue weighted by molar-refractivity contribution is 5.74. The van der Waals surface area contributed by atoms with Crippen LogP contribution in [-0.4, -0.2) is 36.6 Å². The first kappa shape index (κ1) is 15.3. The standard InChI is InChI=1S/C14H29N3O/c1-11-6-5-9-17(10-11)13(18)16-12(7-8-15)14(2,3)4/h11-12H,5-10,15H2,1-4H3,(H,16,18). The molecule has 0 radical (unpaired) electrons. The molecule has 4 heteroatoms. The third kappa shape index (κ3) is 4.48. The maximum atomic E-state index is 12.2. The van der Waals surface area contributed by atoms with Gasteiger partial charge in [-0.3, -0.25) is 0 Å². The van der Waals surface area contributed by atoms with Crippen molar-refractivity contribution in [3.8, 4) is 0 Å². The van der Waals surface area contributed by atoms with E-state index in [0.717, 1.165) is 25.9 Å². The summed E-state index contributed by atoms with van der Waals surface area (Å²) in [6, 6.07) is 0.224. The Morgan fingerprint density at radius 1 is 1.50 bits per heavy atom. The van der Waals surface area contributed by atoms with Gasteiger partial charge >= 0.3 is 6.03 Å². The molecule has 0 bridgehead atoms. The van der Waals surface area contributed by atoms with Crippen molar-refractivity contribution < 1.29 is 4.79 Å². The number of carbonyl (C=O) groups is 1.